The molecule has 1 rings (SSSR count). The molecule has 6 nitrogen and oxygen atoms in total. The third-order valence-corrected chi connectivity index (χ3v) is 4.73. The standard InChI is InChI=1S/C14H26N4O2S/c1-14(2,3)8-11(15)9-16-13-7-6-12(10-17-13)21(19,20)18(4)5/h6-7,10-11H,8-9,15H2,1-5H3,(H,16,17). The van der Waals surface area contributed by atoms with Crippen LogP contribution in [0.3, 0.4) is 0 Å². The van der Waals surface area contributed by atoms with Gasteiger partial charge in [0.2, 0.25) is 10.0 Å². The number of sulfonamides is 1. The number of anilines is 1. The van der Waals surface area contributed by atoms with Gasteiger partial charge in [-0.15, -0.1) is 0 Å². The van der Waals surface area contributed by atoms with Crippen molar-refractivity contribution in [1.82, 2.24) is 9.29 Å². The second-order valence-electron chi connectivity index (χ2n) is 6.57. The van der Waals surface area contributed by atoms with Crippen molar-refractivity contribution in [1.29, 1.82) is 0 Å². The molecule has 0 aliphatic rings. The molecule has 3 N–H and O–H groups in total. The quantitative estimate of drug-likeness (QED) is 0.831. The van der Waals surface area contributed by atoms with Crippen LogP contribution in [0.4, 0.5) is 5.82 Å². The van der Waals surface area contributed by atoms with Crippen LogP contribution in [-0.2, 0) is 10.0 Å². The van der Waals surface area contributed by atoms with Crippen LogP contribution in [0, 0.1) is 5.41 Å². The maximum absolute atomic E-state index is 11.9. The van der Waals surface area contributed by atoms with Gasteiger partial charge in [-0.2, -0.15) is 0 Å². The van der Waals surface area contributed by atoms with Crippen LogP contribution in [0.25, 0.3) is 0 Å². The molecule has 7 heteroatoms. The molecule has 0 bridgehead atoms. The van der Waals surface area contributed by atoms with Crippen LogP contribution >= 0.6 is 0 Å². The molecule has 1 atom stereocenters. The number of nitrogens with two attached hydrogens (primary N) is 1. The lowest BCUT2D eigenvalue weighted by molar-refractivity contribution is 0.344. The molecule has 1 aromatic heterocycles. The topological polar surface area (TPSA) is 88.3 Å². The minimum absolute atomic E-state index is 0.0250. The van der Waals surface area contributed by atoms with Gasteiger partial charge in [-0.1, -0.05) is 20.8 Å². The summed E-state index contributed by atoms with van der Waals surface area (Å²) in [5.41, 5.74) is 6.23. The fraction of sp³-hybridized carbons (Fsp3) is 0.643. The molecule has 0 saturated carbocycles. The van der Waals surface area contributed by atoms with Crippen LogP contribution in [0.1, 0.15) is 27.2 Å². The average molecular weight is 314 g/mol. The highest BCUT2D eigenvalue weighted by Gasteiger charge is 2.18. The summed E-state index contributed by atoms with van der Waals surface area (Å²) in [5, 5.41) is 3.13. The molecule has 0 aromatic carbocycles. The molecular formula is C14H26N4O2S. The molecule has 0 spiro atoms. The molecule has 0 amide bonds. The Morgan fingerprint density at radius 3 is 2.38 bits per heavy atom. The monoisotopic (exact) mass is 314 g/mol. The molecule has 120 valence electrons. The molecule has 0 aliphatic heterocycles. The van der Waals surface area contributed by atoms with Crippen molar-refractivity contribution < 1.29 is 8.42 Å². The molecule has 0 radical (unpaired) electrons. The van der Waals surface area contributed by atoms with Crippen molar-refractivity contribution in [2.45, 2.75) is 38.1 Å². The highest BCUT2D eigenvalue weighted by molar-refractivity contribution is 7.89. The zero-order chi connectivity index (χ0) is 16.3. The number of aromatic nitrogens is 1. The van der Waals surface area contributed by atoms with Gasteiger partial charge in [0.15, 0.2) is 0 Å². The van der Waals surface area contributed by atoms with Crippen molar-refractivity contribution in [3.05, 3.63) is 18.3 Å². The van der Waals surface area contributed by atoms with Gasteiger partial charge >= 0.3 is 0 Å². The van der Waals surface area contributed by atoms with Gasteiger partial charge in [0.25, 0.3) is 0 Å². The summed E-state index contributed by atoms with van der Waals surface area (Å²) >= 11 is 0. The van der Waals surface area contributed by atoms with Gasteiger partial charge in [-0.3, -0.25) is 0 Å². The lowest BCUT2D eigenvalue weighted by Crippen LogP contribution is -2.33. The summed E-state index contributed by atoms with van der Waals surface area (Å²) in [6, 6.07) is 3.22. The van der Waals surface area contributed by atoms with Crippen LogP contribution < -0.4 is 11.1 Å². The minimum Gasteiger partial charge on any atom is -0.369 e. The minimum atomic E-state index is -3.43. The Hall–Kier alpha value is -1.18. The van der Waals surface area contributed by atoms with Gasteiger partial charge in [0.1, 0.15) is 10.7 Å². The van der Waals surface area contributed by atoms with E-state index in [0.29, 0.717) is 12.4 Å². The largest absolute Gasteiger partial charge is 0.369 e. The van der Waals surface area contributed by atoms with Gasteiger partial charge in [0, 0.05) is 32.9 Å². The van der Waals surface area contributed by atoms with E-state index in [1.807, 2.05) is 0 Å². The molecule has 0 aliphatic carbocycles. The van der Waals surface area contributed by atoms with Crippen molar-refractivity contribution in [2.24, 2.45) is 11.1 Å². The van der Waals surface area contributed by atoms with Crippen molar-refractivity contribution in [2.75, 3.05) is 26.0 Å². The Bertz CT molecular complexity index is 547. The van der Waals surface area contributed by atoms with E-state index in [1.54, 1.807) is 12.1 Å². The van der Waals surface area contributed by atoms with Crippen LogP contribution in [0.15, 0.2) is 23.2 Å². The van der Waals surface area contributed by atoms with E-state index in [-0.39, 0.29) is 16.4 Å². The summed E-state index contributed by atoms with van der Waals surface area (Å²) in [6.07, 6.45) is 2.25. The van der Waals surface area contributed by atoms with E-state index < -0.39 is 10.0 Å². The fourth-order valence-electron chi connectivity index (χ4n) is 1.94. The molecule has 1 aromatic rings. The SMILES string of the molecule is CN(C)S(=O)(=O)c1ccc(NCC(N)CC(C)(C)C)nc1. The van der Waals surface area contributed by atoms with Crippen molar-refractivity contribution in [3.8, 4) is 0 Å². The van der Waals surface area contributed by atoms with Crippen LogP contribution in [0.2, 0.25) is 0 Å². The van der Waals surface area contributed by atoms with Crippen LogP contribution in [-0.4, -0.2) is 44.4 Å². The first-order chi connectivity index (χ1) is 9.52. The zero-order valence-electron chi connectivity index (χ0n) is 13.4. The second kappa shape index (κ2) is 6.72. The van der Waals surface area contributed by atoms with Gasteiger partial charge < -0.3 is 11.1 Å². The third-order valence-electron chi connectivity index (χ3n) is 2.93. The lowest BCUT2D eigenvalue weighted by atomic mass is 9.88. The molecular weight excluding hydrogens is 288 g/mol. The van der Waals surface area contributed by atoms with E-state index in [1.165, 1.54) is 20.3 Å². The highest BCUT2D eigenvalue weighted by Crippen LogP contribution is 2.20. The smallest absolute Gasteiger partial charge is 0.244 e. The van der Waals surface area contributed by atoms with E-state index in [0.717, 1.165) is 10.7 Å². The molecule has 21 heavy (non-hydrogen) atoms. The Balaban J connectivity index is 2.64. The predicted molar refractivity (Wildman–Crippen MR) is 85.6 cm³/mol. The summed E-state index contributed by atoms with van der Waals surface area (Å²) < 4.78 is 25.0. The summed E-state index contributed by atoms with van der Waals surface area (Å²) in [6.45, 7) is 7.04. The van der Waals surface area contributed by atoms with E-state index in [2.05, 4.69) is 31.1 Å². The van der Waals surface area contributed by atoms with E-state index >= 15 is 0 Å². The summed E-state index contributed by atoms with van der Waals surface area (Å²) in [4.78, 5) is 4.30. The molecule has 1 heterocycles. The summed E-state index contributed by atoms with van der Waals surface area (Å²) in [7, 11) is -0.444. The van der Waals surface area contributed by atoms with Crippen molar-refractivity contribution >= 4 is 15.8 Å². The molecule has 1 unspecified atom stereocenters. The lowest BCUT2D eigenvalue weighted by Gasteiger charge is -2.23. The number of hydrogen-bond acceptors (Lipinski definition) is 5. The first-order valence-electron chi connectivity index (χ1n) is 6.90. The Labute approximate surface area is 127 Å². The number of rotatable bonds is 6. The maximum atomic E-state index is 11.9. The Morgan fingerprint density at radius 1 is 1.33 bits per heavy atom. The second-order valence-corrected chi connectivity index (χ2v) is 8.72. The van der Waals surface area contributed by atoms with Crippen LogP contribution in [0.5, 0.6) is 0 Å². The van der Waals surface area contributed by atoms with Gasteiger partial charge in [-0.05, 0) is 24.0 Å². The predicted octanol–water partition coefficient (Wildman–Crippen LogP) is 1.51. The average Bonchev–Trinajstić information content (AvgIpc) is 2.34. The number of nitrogens with one attached hydrogen (secondary N) is 1. The highest BCUT2D eigenvalue weighted by atomic mass is 32.2. The number of pyridine rings is 1. The van der Waals surface area contributed by atoms with E-state index in [9.17, 15) is 8.42 Å². The Morgan fingerprint density at radius 2 is 1.95 bits per heavy atom. The maximum Gasteiger partial charge on any atom is 0.244 e. The Kier molecular flexibility index (Phi) is 5.72. The third kappa shape index (κ3) is 5.61. The van der Waals surface area contributed by atoms with E-state index in [4.69, 9.17) is 5.73 Å². The molecule has 0 saturated heterocycles. The molecule has 0 fully saturated rings. The first-order valence-corrected chi connectivity index (χ1v) is 8.34. The number of hydrogen-bond donors (Lipinski definition) is 2. The van der Waals surface area contributed by atoms with Gasteiger partial charge in [0.05, 0.1) is 0 Å². The fourth-order valence-corrected chi connectivity index (χ4v) is 2.79. The first kappa shape index (κ1) is 17.9. The van der Waals surface area contributed by atoms with Crippen molar-refractivity contribution in [3.63, 3.8) is 0 Å². The zero-order valence-corrected chi connectivity index (χ0v) is 14.2. The number of nitrogens with zero attached hydrogens (tertiary/aromatic N) is 2. The normalized spacial score (nSPS) is 14.2. The van der Waals surface area contributed by atoms with Gasteiger partial charge in [-0.25, -0.2) is 17.7 Å². The summed E-state index contributed by atoms with van der Waals surface area (Å²) in [5.74, 6) is 0.622.